The van der Waals surface area contributed by atoms with Gasteiger partial charge in [-0.05, 0) is 27.4 Å². The average molecular weight is 251 g/mol. The Morgan fingerprint density at radius 2 is 1.92 bits per heavy atom. The van der Waals surface area contributed by atoms with Crippen LogP contribution in [-0.4, -0.2) is 30.9 Å². The van der Waals surface area contributed by atoms with Crippen molar-refractivity contribution in [2.45, 2.75) is 20.8 Å². The van der Waals surface area contributed by atoms with Crippen molar-refractivity contribution in [1.29, 1.82) is 0 Å². The number of amides is 1. The van der Waals surface area contributed by atoms with E-state index < -0.39 is 5.41 Å². The molecule has 0 aliphatic rings. The van der Waals surface area contributed by atoms with Gasteiger partial charge in [-0.15, -0.1) is 0 Å². The van der Waals surface area contributed by atoms with Crippen molar-refractivity contribution in [2.24, 2.45) is 11.1 Å². The molecule has 0 unspecified atom stereocenters. The van der Waals surface area contributed by atoms with Crippen molar-refractivity contribution >= 4 is 5.91 Å². The van der Waals surface area contributed by atoms with Gasteiger partial charge in [-0.3, -0.25) is 4.79 Å². The second-order valence-corrected chi connectivity index (χ2v) is 3.58. The summed E-state index contributed by atoms with van der Waals surface area (Å²) < 4.78 is 0. The molecular formula is C8H18N2NbO. The van der Waals surface area contributed by atoms with Crippen LogP contribution in [0.25, 0.3) is 0 Å². The van der Waals surface area contributed by atoms with Gasteiger partial charge < -0.3 is 10.6 Å². The van der Waals surface area contributed by atoms with Crippen molar-refractivity contribution in [3.05, 3.63) is 0 Å². The molecule has 0 aromatic carbocycles. The van der Waals surface area contributed by atoms with E-state index in [0.29, 0.717) is 0 Å². The summed E-state index contributed by atoms with van der Waals surface area (Å²) in [5.41, 5.74) is 4.80. The van der Waals surface area contributed by atoms with E-state index in [0.717, 1.165) is 13.1 Å². The average Bonchev–Trinajstić information content (AvgIpc) is 1.86. The molecule has 71 valence electrons. The summed E-state index contributed by atoms with van der Waals surface area (Å²) in [5.74, 6) is -0.238. The summed E-state index contributed by atoms with van der Waals surface area (Å²) in [6.45, 7) is 7.44. The minimum absolute atomic E-state index is 0. The van der Waals surface area contributed by atoms with E-state index in [1.165, 1.54) is 0 Å². The Morgan fingerprint density at radius 1 is 1.50 bits per heavy atom. The van der Waals surface area contributed by atoms with Crippen LogP contribution in [-0.2, 0) is 27.2 Å². The van der Waals surface area contributed by atoms with Gasteiger partial charge in [0.15, 0.2) is 0 Å². The van der Waals surface area contributed by atoms with Crippen LogP contribution in [0.5, 0.6) is 0 Å². The molecule has 2 N–H and O–H groups in total. The summed E-state index contributed by atoms with van der Waals surface area (Å²) in [4.78, 5) is 12.9. The first-order chi connectivity index (χ1) is 4.90. The summed E-state index contributed by atoms with van der Waals surface area (Å²) in [6, 6.07) is 0. The van der Waals surface area contributed by atoms with Crippen LogP contribution < -0.4 is 5.73 Å². The zero-order chi connectivity index (χ0) is 9.07. The second-order valence-electron chi connectivity index (χ2n) is 3.58. The molecule has 0 aliphatic heterocycles. The quantitative estimate of drug-likeness (QED) is 0.737. The molecule has 0 atom stereocenters. The fourth-order valence-corrected chi connectivity index (χ4v) is 0.865. The van der Waals surface area contributed by atoms with E-state index >= 15 is 0 Å². The second kappa shape index (κ2) is 5.75. The van der Waals surface area contributed by atoms with E-state index in [4.69, 9.17) is 5.73 Å². The summed E-state index contributed by atoms with van der Waals surface area (Å²) in [5, 5.41) is 0. The van der Waals surface area contributed by atoms with Crippen molar-refractivity contribution in [3.63, 3.8) is 0 Å². The van der Waals surface area contributed by atoms with Crippen LogP contribution >= 0.6 is 0 Å². The van der Waals surface area contributed by atoms with Crippen molar-refractivity contribution in [1.82, 2.24) is 4.90 Å². The van der Waals surface area contributed by atoms with Gasteiger partial charge in [-0.1, -0.05) is 6.92 Å². The molecule has 0 saturated heterocycles. The van der Waals surface area contributed by atoms with Crippen LogP contribution in [0.4, 0.5) is 0 Å². The van der Waals surface area contributed by atoms with E-state index in [1.807, 2.05) is 20.9 Å². The smallest absolute Gasteiger partial charge is 0.224 e. The topological polar surface area (TPSA) is 46.3 Å². The standard InChI is InChI=1S/C8H18N2O.Nb/c1-5-10(4)6-8(2,3)7(9)11;/h5-6H2,1-4H3,(H2,9,11);. The fourth-order valence-electron chi connectivity index (χ4n) is 0.865. The van der Waals surface area contributed by atoms with E-state index in [9.17, 15) is 4.79 Å². The predicted molar refractivity (Wildman–Crippen MR) is 46.1 cm³/mol. The van der Waals surface area contributed by atoms with Gasteiger partial charge in [0.05, 0.1) is 5.41 Å². The van der Waals surface area contributed by atoms with Crippen LogP contribution in [0.3, 0.4) is 0 Å². The number of carbonyl (C=O) groups excluding carboxylic acids is 1. The van der Waals surface area contributed by atoms with Crippen LogP contribution in [0.2, 0.25) is 0 Å². The summed E-state index contributed by atoms with van der Waals surface area (Å²) in [6.07, 6.45) is 0. The largest absolute Gasteiger partial charge is 0.369 e. The number of nitrogens with two attached hydrogens (primary N) is 1. The number of primary amides is 1. The Balaban J connectivity index is 0. The molecule has 0 fully saturated rings. The molecule has 0 aliphatic carbocycles. The van der Waals surface area contributed by atoms with Gasteiger partial charge >= 0.3 is 0 Å². The number of rotatable bonds is 4. The normalized spacial score (nSPS) is 11.1. The van der Waals surface area contributed by atoms with Crippen molar-refractivity contribution < 1.29 is 27.2 Å². The fraction of sp³-hybridized carbons (Fsp3) is 0.875. The maximum Gasteiger partial charge on any atom is 0.224 e. The molecule has 0 saturated carbocycles. The third kappa shape index (κ3) is 4.93. The van der Waals surface area contributed by atoms with Crippen molar-refractivity contribution in [3.8, 4) is 0 Å². The first-order valence-corrected chi connectivity index (χ1v) is 3.88. The van der Waals surface area contributed by atoms with E-state index in [1.54, 1.807) is 0 Å². The molecule has 0 bridgehead atoms. The predicted octanol–water partition coefficient (Wildman–Crippen LogP) is 0.447. The van der Waals surface area contributed by atoms with Gasteiger partial charge in [0.2, 0.25) is 5.91 Å². The van der Waals surface area contributed by atoms with Crippen LogP contribution in [0.15, 0.2) is 0 Å². The van der Waals surface area contributed by atoms with Crippen LogP contribution in [0.1, 0.15) is 20.8 Å². The maximum absolute atomic E-state index is 10.9. The number of carbonyl (C=O) groups is 1. The molecule has 12 heavy (non-hydrogen) atoms. The molecule has 0 aromatic heterocycles. The van der Waals surface area contributed by atoms with Crippen molar-refractivity contribution in [2.75, 3.05) is 20.1 Å². The molecular weight excluding hydrogens is 233 g/mol. The minimum Gasteiger partial charge on any atom is -0.369 e. The zero-order valence-corrected chi connectivity index (χ0v) is 10.5. The van der Waals surface area contributed by atoms with Gasteiger partial charge in [0, 0.05) is 28.9 Å². The number of hydrogen-bond acceptors (Lipinski definition) is 2. The molecule has 0 rings (SSSR count). The molecule has 0 heterocycles. The summed E-state index contributed by atoms with van der Waals surface area (Å²) in [7, 11) is 1.98. The van der Waals surface area contributed by atoms with Gasteiger partial charge in [0.25, 0.3) is 0 Å². The SMILES string of the molecule is CCN(C)CC(C)(C)C(N)=O.[Nb]. The maximum atomic E-state index is 10.9. The number of hydrogen-bond donors (Lipinski definition) is 1. The van der Waals surface area contributed by atoms with Gasteiger partial charge in [0.1, 0.15) is 0 Å². The molecule has 0 spiro atoms. The Kier molecular flexibility index (Phi) is 7.04. The Bertz CT molecular complexity index is 148. The van der Waals surface area contributed by atoms with Gasteiger partial charge in [-0.2, -0.15) is 0 Å². The molecule has 4 heteroatoms. The van der Waals surface area contributed by atoms with Gasteiger partial charge in [-0.25, -0.2) is 0 Å². The first-order valence-electron chi connectivity index (χ1n) is 3.88. The monoisotopic (exact) mass is 251 g/mol. The minimum atomic E-state index is -0.412. The third-order valence-electron chi connectivity index (χ3n) is 1.87. The Morgan fingerprint density at radius 3 is 2.17 bits per heavy atom. The first kappa shape index (κ1) is 14.7. The van der Waals surface area contributed by atoms with E-state index in [-0.39, 0.29) is 28.3 Å². The summed E-state index contributed by atoms with van der Waals surface area (Å²) >= 11 is 0. The van der Waals surface area contributed by atoms with Crippen LogP contribution in [0, 0.1) is 5.41 Å². The Hall–Kier alpha value is 0.170. The molecule has 0 aromatic rings. The molecule has 3 nitrogen and oxygen atoms in total. The Labute approximate surface area is 90.2 Å². The molecule has 1 radical (unpaired) electrons. The zero-order valence-electron chi connectivity index (χ0n) is 8.29. The number of nitrogens with zero attached hydrogens (tertiary/aromatic N) is 1. The van der Waals surface area contributed by atoms with E-state index in [2.05, 4.69) is 11.8 Å². The molecule has 1 amide bonds. The third-order valence-corrected chi connectivity index (χ3v) is 1.87.